The molecule has 0 spiro atoms. The Morgan fingerprint density at radius 3 is 2.60 bits per heavy atom. The maximum Gasteiger partial charge on any atom is 0.208 e. The van der Waals surface area contributed by atoms with Crippen LogP contribution in [0.1, 0.15) is 18.2 Å². The first-order valence-corrected chi connectivity index (χ1v) is 6.79. The van der Waals surface area contributed by atoms with Gasteiger partial charge in [0.2, 0.25) is 10.0 Å². The molecule has 0 unspecified atom stereocenters. The zero-order chi connectivity index (χ0) is 11.3. The van der Waals surface area contributed by atoms with Gasteiger partial charge in [-0.3, -0.25) is 4.98 Å². The molecule has 0 aliphatic heterocycles. The SMILES string of the molecule is CCc1ccc(CCNS(C)(=O)=O)cn1. The first-order valence-electron chi connectivity index (χ1n) is 4.89. The van der Waals surface area contributed by atoms with Crippen LogP contribution in [0.4, 0.5) is 0 Å². The summed E-state index contributed by atoms with van der Waals surface area (Å²) in [5.74, 6) is 0. The maximum atomic E-state index is 10.8. The van der Waals surface area contributed by atoms with Gasteiger partial charge in [0.15, 0.2) is 0 Å². The minimum absolute atomic E-state index is 0.423. The Morgan fingerprint density at radius 1 is 1.40 bits per heavy atom. The maximum absolute atomic E-state index is 10.8. The third-order valence-corrected chi connectivity index (χ3v) is 2.75. The second-order valence-corrected chi connectivity index (χ2v) is 5.26. The van der Waals surface area contributed by atoms with Gasteiger partial charge in [0, 0.05) is 18.4 Å². The zero-order valence-corrected chi connectivity index (χ0v) is 9.84. The van der Waals surface area contributed by atoms with Gasteiger partial charge in [0.05, 0.1) is 6.26 Å². The first-order chi connectivity index (χ1) is 7.01. The minimum Gasteiger partial charge on any atom is -0.261 e. The van der Waals surface area contributed by atoms with Crippen molar-refractivity contribution in [2.75, 3.05) is 12.8 Å². The highest BCUT2D eigenvalue weighted by atomic mass is 32.2. The summed E-state index contributed by atoms with van der Waals surface area (Å²) in [4.78, 5) is 4.24. The smallest absolute Gasteiger partial charge is 0.208 e. The second kappa shape index (κ2) is 5.23. The molecule has 1 heterocycles. The molecule has 84 valence electrons. The molecule has 0 radical (unpaired) electrons. The van der Waals surface area contributed by atoms with E-state index in [1.54, 1.807) is 6.20 Å². The highest BCUT2D eigenvalue weighted by Gasteiger charge is 2.00. The summed E-state index contributed by atoms with van der Waals surface area (Å²) in [5, 5.41) is 0. The molecule has 1 N–H and O–H groups in total. The standard InChI is InChI=1S/C10H16N2O2S/c1-3-10-5-4-9(8-11-10)6-7-12-15(2,13)14/h4-5,8,12H,3,6-7H2,1-2H3. The number of rotatable bonds is 5. The number of hydrogen-bond acceptors (Lipinski definition) is 3. The van der Waals surface area contributed by atoms with Gasteiger partial charge < -0.3 is 0 Å². The lowest BCUT2D eigenvalue weighted by molar-refractivity contribution is 0.588. The third-order valence-electron chi connectivity index (χ3n) is 2.03. The van der Waals surface area contributed by atoms with Crippen LogP contribution in [-0.4, -0.2) is 26.2 Å². The quantitative estimate of drug-likeness (QED) is 0.808. The average Bonchev–Trinajstić information content (AvgIpc) is 2.17. The Kier molecular flexibility index (Phi) is 4.23. The fourth-order valence-electron chi connectivity index (χ4n) is 1.19. The van der Waals surface area contributed by atoms with Crippen LogP contribution in [0.25, 0.3) is 0 Å². The molecular formula is C10H16N2O2S. The molecule has 0 aliphatic carbocycles. The summed E-state index contributed by atoms with van der Waals surface area (Å²) < 4.78 is 24.0. The highest BCUT2D eigenvalue weighted by Crippen LogP contribution is 2.01. The van der Waals surface area contributed by atoms with Crippen molar-refractivity contribution in [3.05, 3.63) is 29.6 Å². The number of nitrogens with one attached hydrogen (secondary N) is 1. The molecule has 15 heavy (non-hydrogen) atoms. The average molecular weight is 228 g/mol. The largest absolute Gasteiger partial charge is 0.261 e. The summed E-state index contributed by atoms with van der Waals surface area (Å²) in [6.45, 7) is 2.47. The molecule has 4 nitrogen and oxygen atoms in total. The van der Waals surface area contributed by atoms with Crippen molar-refractivity contribution in [1.29, 1.82) is 0 Å². The molecule has 1 aromatic heterocycles. The number of aromatic nitrogens is 1. The lowest BCUT2D eigenvalue weighted by atomic mass is 10.2. The summed E-state index contributed by atoms with van der Waals surface area (Å²) in [6.07, 6.45) is 4.54. The van der Waals surface area contributed by atoms with Crippen molar-refractivity contribution in [3.63, 3.8) is 0 Å². The van der Waals surface area contributed by atoms with E-state index in [1.165, 1.54) is 0 Å². The van der Waals surface area contributed by atoms with Gasteiger partial charge in [0.1, 0.15) is 0 Å². The van der Waals surface area contributed by atoms with Gasteiger partial charge in [-0.1, -0.05) is 13.0 Å². The van der Waals surface area contributed by atoms with Gasteiger partial charge in [-0.15, -0.1) is 0 Å². The van der Waals surface area contributed by atoms with E-state index in [-0.39, 0.29) is 0 Å². The van der Waals surface area contributed by atoms with E-state index in [9.17, 15) is 8.42 Å². The van der Waals surface area contributed by atoms with E-state index in [4.69, 9.17) is 0 Å². The third kappa shape index (κ3) is 4.90. The van der Waals surface area contributed by atoms with Crippen molar-refractivity contribution in [2.24, 2.45) is 0 Å². The highest BCUT2D eigenvalue weighted by molar-refractivity contribution is 7.88. The van der Waals surface area contributed by atoms with Crippen LogP contribution in [-0.2, 0) is 22.9 Å². The van der Waals surface area contributed by atoms with E-state index in [1.807, 2.05) is 19.1 Å². The predicted molar refractivity (Wildman–Crippen MR) is 60.2 cm³/mol. The van der Waals surface area contributed by atoms with E-state index in [0.717, 1.165) is 23.9 Å². The topological polar surface area (TPSA) is 59.1 Å². The van der Waals surface area contributed by atoms with Crippen molar-refractivity contribution >= 4 is 10.0 Å². The van der Waals surface area contributed by atoms with Crippen molar-refractivity contribution < 1.29 is 8.42 Å². The Morgan fingerprint density at radius 2 is 2.13 bits per heavy atom. The Labute approximate surface area is 90.8 Å². The number of pyridine rings is 1. The zero-order valence-electron chi connectivity index (χ0n) is 9.03. The Balaban J connectivity index is 2.45. The van der Waals surface area contributed by atoms with Crippen LogP contribution in [0, 0.1) is 0 Å². The number of hydrogen-bond donors (Lipinski definition) is 1. The molecule has 0 fully saturated rings. The summed E-state index contributed by atoms with van der Waals surface area (Å²) >= 11 is 0. The summed E-state index contributed by atoms with van der Waals surface area (Å²) in [5.41, 5.74) is 2.10. The molecule has 0 aromatic carbocycles. The molecule has 5 heteroatoms. The van der Waals surface area contributed by atoms with Gasteiger partial charge >= 0.3 is 0 Å². The van der Waals surface area contributed by atoms with Crippen molar-refractivity contribution in [1.82, 2.24) is 9.71 Å². The van der Waals surface area contributed by atoms with Crippen LogP contribution in [0.15, 0.2) is 18.3 Å². The number of aryl methyl sites for hydroxylation is 1. The van der Waals surface area contributed by atoms with Crippen molar-refractivity contribution in [2.45, 2.75) is 19.8 Å². The van der Waals surface area contributed by atoms with Crippen molar-refractivity contribution in [3.8, 4) is 0 Å². The van der Waals surface area contributed by atoms with Gasteiger partial charge in [-0.2, -0.15) is 0 Å². The summed E-state index contributed by atoms with van der Waals surface area (Å²) in [7, 11) is -3.08. The lowest BCUT2D eigenvalue weighted by Crippen LogP contribution is -2.24. The normalized spacial score (nSPS) is 11.6. The van der Waals surface area contributed by atoms with E-state index in [2.05, 4.69) is 9.71 Å². The predicted octanol–water partition coefficient (Wildman–Crippen LogP) is 0.736. The van der Waals surface area contributed by atoms with Crippen LogP contribution < -0.4 is 4.72 Å². The fourth-order valence-corrected chi connectivity index (χ4v) is 1.67. The van der Waals surface area contributed by atoms with E-state index in [0.29, 0.717) is 13.0 Å². The molecular weight excluding hydrogens is 212 g/mol. The van der Waals surface area contributed by atoms with E-state index < -0.39 is 10.0 Å². The van der Waals surface area contributed by atoms with Crippen LogP contribution >= 0.6 is 0 Å². The molecule has 0 saturated carbocycles. The van der Waals surface area contributed by atoms with Crippen LogP contribution in [0.2, 0.25) is 0 Å². The first kappa shape index (κ1) is 12.1. The molecule has 0 bridgehead atoms. The Hall–Kier alpha value is -0.940. The summed E-state index contributed by atoms with van der Waals surface area (Å²) in [6, 6.07) is 3.95. The molecule has 0 saturated heterocycles. The monoisotopic (exact) mass is 228 g/mol. The molecule has 0 atom stereocenters. The number of sulfonamides is 1. The van der Waals surface area contributed by atoms with Gasteiger partial charge in [-0.25, -0.2) is 13.1 Å². The van der Waals surface area contributed by atoms with Gasteiger partial charge in [-0.05, 0) is 24.5 Å². The lowest BCUT2D eigenvalue weighted by Gasteiger charge is -2.03. The Bertz CT molecular complexity index is 398. The van der Waals surface area contributed by atoms with Gasteiger partial charge in [0.25, 0.3) is 0 Å². The molecule has 1 aromatic rings. The fraction of sp³-hybridized carbons (Fsp3) is 0.500. The van der Waals surface area contributed by atoms with Crippen LogP contribution in [0.5, 0.6) is 0 Å². The molecule has 0 amide bonds. The minimum atomic E-state index is -3.08. The van der Waals surface area contributed by atoms with Crippen LogP contribution in [0.3, 0.4) is 0 Å². The molecule has 1 rings (SSSR count). The number of nitrogens with zero attached hydrogens (tertiary/aromatic N) is 1. The molecule has 0 aliphatic rings. The second-order valence-electron chi connectivity index (χ2n) is 3.43. The van der Waals surface area contributed by atoms with E-state index >= 15 is 0 Å².